The predicted octanol–water partition coefficient (Wildman–Crippen LogP) is 3.86. The van der Waals surface area contributed by atoms with Gasteiger partial charge in [0.2, 0.25) is 0 Å². The molecule has 0 bridgehead atoms. The number of hydrogen-bond acceptors (Lipinski definition) is 2. The Balaban J connectivity index is 2.71. The van der Waals surface area contributed by atoms with Crippen molar-refractivity contribution in [3.8, 4) is 5.75 Å². The van der Waals surface area contributed by atoms with Gasteiger partial charge in [-0.3, -0.25) is 0 Å². The molecule has 0 aromatic heterocycles. The van der Waals surface area contributed by atoms with Crippen molar-refractivity contribution < 1.29 is 9.84 Å². The number of hydrogen-bond donors (Lipinski definition) is 1. The highest BCUT2D eigenvalue weighted by Crippen LogP contribution is 2.26. The normalized spacial score (nSPS) is 14.4. The number of benzene rings is 1. The summed E-state index contributed by atoms with van der Waals surface area (Å²) >= 11 is 0. The van der Waals surface area contributed by atoms with Crippen molar-refractivity contribution in [2.24, 2.45) is 5.92 Å². The number of ether oxygens (including phenoxy) is 1. The summed E-state index contributed by atoms with van der Waals surface area (Å²) < 4.78 is 5.83. The van der Waals surface area contributed by atoms with Gasteiger partial charge in [0.25, 0.3) is 0 Å². The number of aliphatic hydroxyl groups is 1. The van der Waals surface area contributed by atoms with E-state index in [1.165, 1.54) is 12.8 Å². The van der Waals surface area contributed by atoms with Crippen molar-refractivity contribution in [1.29, 1.82) is 0 Å². The van der Waals surface area contributed by atoms with E-state index in [1.807, 2.05) is 25.1 Å². The Morgan fingerprint density at radius 1 is 1.29 bits per heavy atom. The third-order valence-corrected chi connectivity index (χ3v) is 2.92. The van der Waals surface area contributed by atoms with Crippen LogP contribution in [0.15, 0.2) is 18.2 Å². The lowest BCUT2D eigenvalue weighted by Crippen LogP contribution is -2.10. The topological polar surface area (TPSA) is 29.5 Å². The van der Waals surface area contributed by atoms with Crippen LogP contribution in [0.1, 0.15) is 50.8 Å². The van der Waals surface area contributed by atoms with Crippen LogP contribution >= 0.6 is 0 Å². The van der Waals surface area contributed by atoms with E-state index < -0.39 is 6.10 Å². The van der Waals surface area contributed by atoms with Gasteiger partial charge in [0.15, 0.2) is 0 Å². The quantitative estimate of drug-likeness (QED) is 0.812. The van der Waals surface area contributed by atoms with Crippen LogP contribution in [0.3, 0.4) is 0 Å². The Hall–Kier alpha value is -1.02. The van der Waals surface area contributed by atoms with Gasteiger partial charge < -0.3 is 9.84 Å². The molecule has 0 aliphatic heterocycles. The molecule has 1 N–H and O–H groups in total. The standard InChI is InChI=1S/C15H24O2/c1-5-6-12(3)10-17-15-9-11(2)7-8-14(15)13(4)16/h7-9,12-13,16H,5-6,10H2,1-4H3/t12?,13-/m1/s1. The first kappa shape index (κ1) is 14.0. The predicted molar refractivity (Wildman–Crippen MR) is 71.4 cm³/mol. The minimum Gasteiger partial charge on any atom is -0.493 e. The Labute approximate surface area is 105 Å². The van der Waals surface area contributed by atoms with Gasteiger partial charge in [-0.25, -0.2) is 0 Å². The zero-order valence-electron chi connectivity index (χ0n) is 11.4. The third-order valence-electron chi connectivity index (χ3n) is 2.92. The summed E-state index contributed by atoms with van der Waals surface area (Å²) in [6, 6.07) is 5.95. The Morgan fingerprint density at radius 2 is 2.00 bits per heavy atom. The van der Waals surface area contributed by atoms with Crippen molar-refractivity contribution >= 4 is 0 Å². The summed E-state index contributed by atoms with van der Waals surface area (Å²) in [5, 5.41) is 9.68. The summed E-state index contributed by atoms with van der Waals surface area (Å²) in [7, 11) is 0. The monoisotopic (exact) mass is 236 g/mol. The first-order valence-electron chi connectivity index (χ1n) is 6.46. The van der Waals surface area contributed by atoms with Gasteiger partial charge in [0, 0.05) is 5.56 Å². The van der Waals surface area contributed by atoms with Gasteiger partial charge in [0.05, 0.1) is 12.7 Å². The van der Waals surface area contributed by atoms with E-state index in [1.54, 1.807) is 6.92 Å². The zero-order chi connectivity index (χ0) is 12.8. The van der Waals surface area contributed by atoms with E-state index in [9.17, 15) is 5.11 Å². The fourth-order valence-electron chi connectivity index (χ4n) is 1.92. The third kappa shape index (κ3) is 4.39. The Kier molecular flexibility index (Phi) is 5.49. The molecule has 0 amide bonds. The highest BCUT2D eigenvalue weighted by Gasteiger charge is 2.10. The van der Waals surface area contributed by atoms with Crippen molar-refractivity contribution in [1.82, 2.24) is 0 Å². The van der Waals surface area contributed by atoms with E-state index in [0.29, 0.717) is 5.92 Å². The molecule has 17 heavy (non-hydrogen) atoms. The van der Waals surface area contributed by atoms with Crippen LogP contribution in [0.5, 0.6) is 5.75 Å². The highest BCUT2D eigenvalue weighted by molar-refractivity contribution is 5.38. The lowest BCUT2D eigenvalue weighted by Gasteiger charge is -2.17. The van der Waals surface area contributed by atoms with Gasteiger partial charge in [-0.1, -0.05) is 32.4 Å². The van der Waals surface area contributed by atoms with Crippen molar-refractivity contribution in [3.63, 3.8) is 0 Å². The summed E-state index contributed by atoms with van der Waals surface area (Å²) in [6.07, 6.45) is 1.88. The molecule has 0 radical (unpaired) electrons. The molecular formula is C15H24O2. The molecule has 0 saturated heterocycles. The first-order chi connectivity index (χ1) is 8.04. The molecule has 0 aliphatic carbocycles. The van der Waals surface area contributed by atoms with Crippen molar-refractivity contribution in [3.05, 3.63) is 29.3 Å². The van der Waals surface area contributed by atoms with Gasteiger partial charge in [0.1, 0.15) is 5.75 Å². The maximum Gasteiger partial charge on any atom is 0.125 e. The lowest BCUT2D eigenvalue weighted by molar-refractivity contribution is 0.186. The van der Waals surface area contributed by atoms with Crippen LogP contribution in [0.2, 0.25) is 0 Å². The second-order valence-electron chi connectivity index (χ2n) is 4.92. The van der Waals surface area contributed by atoms with Crippen molar-refractivity contribution in [2.45, 2.75) is 46.6 Å². The maximum atomic E-state index is 9.68. The number of aliphatic hydroxyl groups excluding tert-OH is 1. The molecule has 1 unspecified atom stereocenters. The Bertz CT molecular complexity index is 345. The van der Waals surface area contributed by atoms with Crippen LogP contribution < -0.4 is 4.74 Å². The molecule has 1 aromatic rings. The molecule has 0 heterocycles. The molecule has 0 spiro atoms. The molecular weight excluding hydrogens is 212 g/mol. The summed E-state index contributed by atoms with van der Waals surface area (Å²) in [6.45, 7) is 8.91. The van der Waals surface area contributed by atoms with Crippen LogP contribution in [-0.2, 0) is 0 Å². The molecule has 0 aliphatic rings. The molecule has 0 saturated carbocycles. The average Bonchev–Trinajstić information content (AvgIpc) is 2.26. The van der Waals surface area contributed by atoms with E-state index in [0.717, 1.165) is 23.5 Å². The highest BCUT2D eigenvalue weighted by atomic mass is 16.5. The van der Waals surface area contributed by atoms with Crippen LogP contribution in [0, 0.1) is 12.8 Å². The fourth-order valence-corrected chi connectivity index (χ4v) is 1.92. The minimum absolute atomic E-state index is 0.480. The molecule has 96 valence electrons. The molecule has 1 rings (SSSR count). The average molecular weight is 236 g/mol. The second kappa shape index (κ2) is 6.65. The Morgan fingerprint density at radius 3 is 2.59 bits per heavy atom. The molecule has 1 aromatic carbocycles. The lowest BCUT2D eigenvalue weighted by atomic mass is 10.1. The maximum absolute atomic E-state index is 9.68. The van der Waals surface area contributed by atoms with E-state index >= 15 is 0 Å². The summed E-state index contributed by atoms with van der Waals surface area (Å²) in [4.78, 5) is 0. The molecule has 0 fully saturated rings. The molecule has 2 atom stereocenters. The smallest absolute Gasteiger partial charge is 0.125 e. The van der Waals surface area contributed by atoms with Crippen molar-refractivity contribution in [2.75, 3.05) is 6.61 Å². The van der Waals surface area contributed by atoms with E-state index in [2.05, 4.69) is 13.8 Å². The van der Waals surface area contributed by atoms with E-state index in [-0.39, 0.29) is 0 Å². The second-order valence-corrected chi connectivity index (χ2v) is 4.92. The fraction of sp³-hybridized carbons (Fsp3) is 0.600. The minimum atomic E-state index is -0.480. The molecule has 2 heteroatoms. The molecule has 2 nitrogen and oxygen atoms in total. The SMILES string of the molecule is CCCC(C)COc1cc(C)ccc1[C@@H](C)O. The van der Waals surface area contributed by atoms with Crippen LogP contribution in [0.25, 0.3) is 0 Å². The van der Waals surface area contributed by atoms with Gasteiger partial charge >= 0.3 is 0 Å². The summed E-state index contributed by atoms with van der Waals surface area (Å²) in [5.41, 5.74) is 2.03. The number of rotatable bonds is 6. The van der Waals surface area contributed by atoms with Crippen LogP contribution in [-0.4, -0.2) is 11.7 Å². The number of aryl methyl sites for hydroxylation is 1. The van der Waals surface area contributed by atoms with Gasteiger partial charge in [-0.15, -0.1) is 0 Å². The summed E-state index contributed by atoms with van der Waals surface area (Å²) in [5.74, 6) is 1.38. The zero-order valence-corrected chi connectivity index (χ0v) is 11.4. The van der Waals surface area contributed by atoms with Crippen LogP contribution in [0.4, 0.5) is 0 Å². The van der Waals surface area contributed by atoms with Gasteiger partial charge in [-0.05, 0) is 37.8 Å². The largest absolute Gasteiger partial charge is 0.493 e. The van der Waals surface area contributed by atoms with E-state index in [4.69, 9.17) is 4.74 Å². The first-order valence-corrected chi connectivity index (χ1v) is 6.46. The van der Waals surface area contributed by atoms with Gasteiger partial charge in [-0.2, -0.15) is 0 Å².